The molecule has 0 aliphatic rings. The van der Waals surface area contributed by atoms with Crippen molar-refractivity contribution in [3.05, 3.63) is 53.0 Å². The summed E-state index contributed by atoms with van der Waals surface area (Å²) in [6, 6.07) is 5.97. The van der Waals surface area contributed by atoms with Crippen molar-refractivity contribution in [3.63, 3.8) is 0 Å². The maximum atomic E-state index is 9.40. The molecular formula is C16H20N2O2. The standard InChI is InChI=1S/C16H20N2O2/c1-12-10-13(2)18-16(15(12)11-19)20-9-3-4-14-5-7-17-8-6-14/h5-8,10,19H,3-4,9,11H2,1-2H3. The van der Waals surface area contributed by atoms with Crippen LogP contribution in [0.2, 0.25) is 0 Å². The van der Waals surface area contributed by atoms with Gasteiger partial charge in [0.15, 0.2) is 0 Å². The molecule has 1 N–H and O–H groups in total. The van der Waals surface area contributed by atoms with Crippen LogP contribution in [0.1, 0.15) is 28.8 Å². The Morgan fingerprint density at radius 2 is 1.95 bits per heavy atom. The van der Waals surface area contributed by atoms with Gasteiger partial charge >= 0.3 is 0 Å². The van der Waals surface area contributed by atoms with Crippen LogP contribution in [0.25, 0.3) is 0 Å². The van der Waals surface area contributed by atoms with E-state index in [1.807, 2.05) is 32.0 Å². The first-order valence-electron chi connectivity index (χ1n) is 6.80. The van der Waals surface area contributed by atoms with Crippen molar-refractivity contribution >= 4 is 0 Å². The van der Waals surface area contributed by atoms with E-state index in [1.54, 1.807) is 12.4 Å². The zero-order valence-electron chi connectivity index (χ0n) is 12.0. The summed E-state index contributed by atoms with van der Waals surface area (Å²) in [7, 11) is 0. The number of pyridine rings is 2. The second kappa shape index (κ2) is 7.01. The van der Waals surface area contributed by atoms with Gasteiger partial charge in [0, 0.05) is 23.7 Å². The third-order valence-electron chi connectivity index (χ3n) is 3.19. The number of aryl methyl sites for hydroxylation is 3. The van der Waals surface area contributed by atoms with Gasteiger partial charge in [-0.25, -0.2) is 4.98 Å². The van der Waals surface area contributed by atoms with Crippen LogP contribution in [0.15, 0.2) is 30.6 Å². The summed E-state index contributed by atoms with van der Waals surface area (Å²) in [6.45, 7) is 4.44. The van der Waals surface area contributed by atoms with Crippen molar-refractivity contribution in [2.24, 2.45) is 0 Å². The highest BCUT2D eigenvalue weighted by Gasteiger charge is 2.09. The van der Waals surface area contributed by atoms with Crippen LogP contribution in [0.3, 0.4) is 0 Å². The second-order valence-electron chi connectivity index (χ2n) is 4.83. The van der Waals surface area contributed by atoms with Gasteiger partial charge in [-0.2, -0.15) is 0 Å². The molecule has 0 saturated heterocycles. The molecule has 106 valence electrons. The number of hydrogen-bond donors (Lipinski definition) is 1. The van der Waals surface area contributed by atoms with E-state index in [-0.39, 0.29) is 6.61 Å². The molecule has 0 saturated carbocycles. The minimum absolute atomic E-state index is 0.0429. The zero-order chi connectivity index (χ0) is 14.4. The number of aliphatic hydroxyl groups is 1. The van der Waals surface area contributed by atoms with Crippen molar-refractivity contribution < 1.29 is 9.84 Å². The van der Waals surface area contributed by atoms with E-state index in [9.17, 15) is 5.11 Å². The Morgan fingerprint density at radius 1 is 1.20 bits per heavy atom. The van der Waals surface area contributed by atoms with Crippen molar-refractivity contribution in [2.45, 2.75) is 33.3 Å². The van der Waals surface area contributed by atoms with E-state index in [0.29, 0.717) is 12.5 Å². The van der Waals surface area contributed by atoms with Gasteiger partial charge in [-0.05, 0) is 56.0 Å². The summed E-state index contributed by atoms with van der Waals surface area (Å²) in [5, 5.41) is 9.40. The van der Waals surface area contributed by atoms with E-state index < -0.39 is 0 Å². The highest BCUT2D eigenvalue weighted by molar-refractivity contribution is 5.35. The van der Waals surface area contributed by atoms with Crippen LogP contribution in [-0.4, -0.2) is 21.7 Å². The van der Waals surface area contributed by atoms with Gasteiger partial charge in [0.2, 0.25) is 5.88 Å². The maximum Gasteiger partial charge on any atom is 0.219 e. The van der Waals surface area contributed by atoms with Crippen molar-refractivity contribution in [3.8, 4) is 5.88 Å². The van der Waals surface area contributed by atoms with Gasteiger partial charge in [0.25, 0.3) is 0 Å². The van der Waals surface area contributed by atoms with Gasteiger partial charge in [0.1, 0.15) is 0 Å². The quantitative estimate of drug-likeness (QED) is 0.821. The van der Waals surface area contributed by atoms with E-state index in [2.05, 4.69) is 9.97 Å². The van der Waals surface area contributed by atoms with Crippen LogP contribution in [-0.2, 0) is 13.0 Å². The molecular weight excluding hydrogens is 252 g/mol. The summed E-state index contributed by atoms with van der Waals surface area (Å²) in [5.74, 6) is 0.555. The normalized spacial score (nSPS) is 10.6. The summed E-state index contributed by atoms with van der Waals surface area (Å²) in [6.07, 6.45) is 5.45. The number of aliphatic hydroxyl groups excluding tert-OH is 1. The van der Waals surface area contributed by atoms with E-state index >= 15 is 0 Å². The Hall–Kier alpha value is -1.94. The molecule has 2 rings (SSSR count). The lowest BCUT2D eigenvalue weighted by molar-refractivity contribution is 0.254. The molecule has 0 unspecified atom stereocenters. The molecule has 0 fully saturated rings. The number of hydrogen-bond acceptors (Lipinski definition) is 4. The number of nitrogens with zero attached hydrogens (tertiary/aromatic N) is 2. The molecule has 20 heavy (non-hydrogen) atoms. The highest BCUT2D eigenvalue weighted by Crippen LogP contribution is 2.21. The molecule has 2 aromatic rings. The highest BCUT2D eigenvalue weighted by atomic mass is 16.5. The van der Waals surface area contributed by atoms with Gasteiger partial charge in [-0.3, -0.25) is 4.98 Å². The average molecular weight is 272 g/mol. The van der Waals surface area contributed by atoms with E-state index in [4.69, 9.17) is 4.74 Å². The molecule has 4 heteroatoms. The Morgan fingerprint density at radius 3 is 2.65 bits per heavy atom. The predicted molar refractivity (Wildman–Crippen MR) is 77.7 cm³/mol. The number of aromatic nitrogens is 2. The number of rotatable bonds is 6. The van der Waals surface area contributed by atoms with Crippen LogP contribution >= 0.6 is 0 Å². The number of ether oxygens (including phenoxy) is 1. The molecule has 0 spiro atoms. The van der Waals surface area contributed by atoms with Crippen LogP contribution in [0, 0.1) is 13.8 Å². The Kier molecular flexibility index (Phi) is 5.07. The molecule has 0 bridgehead atoms. The Labute approximate surface area is 119 Å². The van der Waals surface area contributed by atoms with Crippen LogP contribution in [0.4, 0.5) is 0 Å². The first-order valence-corrected chi connectivity index (χ1v) is 6.80. The van der Waals surface area contributed by atoms with E-state index in [1.165, 1.54) is 5.56 Å². The fourth-order valence-corrected chi connectivity index (χ4v) is 2.14. The third-order valence-corrected chi connectivity index (χ3v) is 3.19. The monoisotopic (exact) mass is 272 g/mol. The fraction of sp³-hybridized carbons (Fsp3) is 0.375. The van der Waals surface area contributed by atoms with Crippen molar-refractivity contribution in [2.75, 3.05) is 6.61 Å². The van der Waals surface area contributed by atoms with Crippen molar-refractivity contribution in [1.82, 2.24) is 9.97 Å². The summed E-state index contributed by atoms with van der Waals surface area (Å²) < 4.78 is 5.72. The zero-order valence-corrected chi connectivity index (χ0v) is 12.0. The lowest BCUT2D eigenvalue weighted by atomic mass is 10.1. The smallest absolute Gasteiger partial charge is 0.219 e. The first kappa shape index (κ1) is 14.5. The van der Waals surface area contributed by atoms with Gasteiger partial charge < -0.3 is 9.84 Å². The average Bonchev–Trinajstić information content (AvgIpc) is 2.44. The molecule has 0 aliphatic heterocycles. The molecule has 0 amide bonds. The SMILES string of the molecule is Cc1cc(C)c(CO)c(OCCCc2ccncc2)n1. The minimum atomic E-state index is -0.0429. The van der Waals surface area contributed by atoms with Gasteiger partial charge in [-0.1, -0.05) is 0 Å². The third kappa shape index (κ3) is 3.78. The summed E-state index contributed by atoms with van der Waals surface area (Å²) in [5.41, 5.74) is 3.95. The Bertz CT molecular complexity index is 556. The van der Waals surface area contributed by atoms with E-state index in [0.717, 1.165) is 29.7 Å². The predicted octanol–water partition coefficient (Wildman–Crippen LogP) is 2.60. The molecule has 2 heterocycles. The summed E-state index contributed by atoms with van der Waals surface area (Å²) >= 11 is 0. The maximum absolute atomic E-state index is 9.40. The summed E-state index contributed by atoms with van der Waals surface area (Å²) in [4.78, 5) is 8.35. The topological polar surface area (TPSA) is 55.2 Å². The molecule has 0 aromatic carbocycles. The minimum Gasteiger partial charge on any atom is -0.477 e. The van der Waals surface area contributed by atoms with Crippen LogP contribution < -0.4 is 4.74 Å². The van der Waals surface area contributed by atoms with Gasteiger partial charge in [0.05, 0.1) is 13.2 Å². The lowest BCUT2D eigenvalue weighted by Crippen LogP contribution is -2.06. The fourth-order valence-electron chi connectivity index (χ4n) is 2.14. The second-order valence-corrected chi connectivity index (χ2v) is 4.83. The molecule has 0 aliphatic carbocycles. The molecule has 2 aromatic heterocycles. The largest absolute Gasteiger partial charge is 0.477 e. The molecule has 4 nitrogen and oxygen atoms in total. The first-order chi connectivity index (χ1) is 9.70. The van der Waals surface area contributed by atoms with Gasteiger partial charge in [-0.15, -0.1) is 0 Å². The molecule has 0 radical (unpaired) electrons. The van der Waals surface area contributed by atoms with Crippen LogP contribution in [0.5, 0.6) is 5.88 Å². The molecule has 0 atom stereocenters. The Balaban J connectivity index is 1.91. The van der Waals surface area contributed by atoms with Crippen molar-refractivity contribution in [1.29, 1.82) is 0 Å². The lowest BCUT2D eigenvalue weighted by Gasteiger charge is -2.12.